The first-order valence-electron chi connectivity index (χ1n) is 6.04. The molecule has 2 aromatic heterocycles. The molecule has 0 fully saturated rings. The predicted molar refractivity (Wildman–Crippen MR) is 79.6 cm³/mol. The van der Waals surface area contributed by atoms with Gasteiger partial charge in [-0.2, -0.15) is 0 Å². The molecule has 3 aromatic rings. The molecule has 1 aromatic carbocycles. The Kier molecular flexibility index (Phi) is 3.74. The highest BCUT2D eigenvalue weighted by atomic mass is 79.9. The summed E-state index contributed by atoms with van der Waals surface area (Å²) in [4.78, 5) is 16.0. The van der Waals surface area contributed by atoms with E-state index >= 15 is 0 Å². The van der Waals surface area contributed by atoms with Crippen LogP contribution in [0, 0.1) is 0 Å². The molecule has 0 atom stereocenters. The number of hydrogen-bond acceptors (Lipinski definition) is 5. The molecule has 0 aliphatic rings. The molecule has 104 valence electrons. The van der Waals surface area contributed by atoms with Gasteiger partial charge in [-0.05, 0) is 40.2 Å². The number of anilines is 1. The molecule has 7 heteroatoms. The summed E-state index contributed by atoms with van der Waals surface area (Å²) < 4.78 is 5.99. The summed E-state index contributed by atoms with van der Waals surface area (Å²) >= 11 is 3.21. The third-order valence-electron chi connectivity index (χ3n) is 2.65. The topological polar surface area (TPSA) is 80.9 Å². The van der Waals surface area contributed by atoms with Gasteiger partial charge in [-0.15, -0.1) is 5.10 Å². The third-order valence-corrected chi connectivity index (χ3v) is 3.09. The van der Waals surface area contributed by atoms with Gasteiger partial charge in [0.1, 0.15) is 4.60 Å². The molecule has 0 saturated heterocycles. The fourth-order valence-electron chi connectivity index (χ4n) is 1.68. The zero-order chi connectivity index (χ0) is 14.7. The summed E-state index contributed by atoms with van der Waals surface area (Å²) in [5, 5.41) is 10.3. The monoisotopic (exact) mass is 344 g/mol. The lowest BCUT2D eigenvalue weighted by Gasteiger charge is -2.00. The van der Waals surface area contributed by atoms with Crippen LogP contribution in [0.5, 0.6) is 0 Å². The lowest BCUT2D eigenvalue weighted by atomic mass is 10.2. The van der Waals surface area contributed by atoms with Crippen molar-refractivity contribution in [2.45, 2.75) is 0 Å². The van der Waals surface area contributed by atoms with E-state index in [-0.39, 0.29) is 11.9 Å². The molecular weight excluding hydrogens is 336 g/mol. The van der Waals surface area contributed by atoms with Crippen LogP contribution in [0.15, 0.2) is 57.7 Å². The van der Waals surface area contributed by atoms with E-state index in [2.05, 4.69) is 36.4 Å². The summed E-state index contributed by atoms with van der Waals surface area (Å²) in [7, 11) is 0. The SMILES string of the molecule is O=C(Nc1nnc(-c2ccccc2)o1)c1ccnc(Br)c1. The summed E-state index contributed by atoms with van der Waals surface area (Å²) in [5.41, 5.74) is 1.23. The van der Waals surface area contributed by atoms with Crippen LogP contribution in [0.4, 0.5) is 6.01 Å². The first kappa shape index (κ1) is 13.4. The largest absolute Gasteiger partial charge is 0.403 e. The minimum atomic E-state index is -0.346. The molecule has 1 amide bonds. The standard InChI is InChI=1S/C14H9BrN4O2/c15-11-8-10(6-7-16-11)12(20)17-14-19-18-13(21-14)9-4-2-1-3-5-9/h1-8H,(H,17,19,20). The normalized spacial score (nSPS) is 10.3. The molecule has 0 aliphatic carbocycles. The summed E-state index contributed by atoms with van der Waals surface area (Å²) in [5.74, 6) is 0.00294. The molecule has 0 unspecified atom stereocenters. The molecule has 3 rings (SSSR count). The number of halogens is 1. The number of carbonyl (C=O) groups excluding carboxylic acids is 1. The van der Waals surface area contributed by atoms with Crippen LogP contribution >= 0.6 is 15.9 Å². The van der Waals surface area contributed by atoms with Crippen molar-refractivity contribution in [3.63, 3.8) is 0 Å². The second-order valence-electron chi connectivity index (χ2n) is 4.10. The van der Waals surface area contributed by atoms with Crippen LogP contribution in [-0.4, -0.2) is 21.1 Å². The van der Waals surface area contributed by atoms with E-state index in [0.717, 1.165) is 5.56 Å². The molecule has 1 N–H and O–H groups in total. The van der Waals surface area contributed by atoms with E-state index < -0.39 is 0 Å². The minimum absolute atomic E-state index is 0.0480. The van der Waals surface area contributed by atoms with E-state index in [1.54, 1.807) is 12.1 Å². The number of pyridine rings is 1. The van der Waals surface area contributed by atoms with Gasteiger partial charge in [0.05, 0.1) is 0 Å². The first-order chi connectivity index (χ1) is 10.2. The van der Waals surface area contributed by atoms with E-state index in [1.807, 2.05) is 30.3 Å². The highest BCUT2D eigenvalue weighted by molar-refractivity contribution is 9.10. The van der Waals surface area contributed by atoms with Crippen molar-refractivity contribution in [3.8, 4) is 11.5 Å². The zero-order valence-electron chi connectivity index (χ0n) is 10.7. The molecular formula is C14H9BrN4O2. The molecule has 6 nitrogen and oxygen atoms in total. The maximum atomic E-state index is 12.0. The Morgan fingerprint density at radius 3 is 2.71 bits per heavy atom. The highest BCUT2D eigenvalue weighted by Crippen LogP contribution is 2.19. The fourth-order valence-corrected chi connectivity index (χ4v) is 2.05. The number of aromatic nitrogens is 3. The molecule has 21 heavy (non-hydrogen) atoms. The maximum Gasteiger partial charge on any atom is 0.322 e. The van der Waals surface area contributed by atoms with Gasteiger partial charge in [0.25, 0.3) is 5.91 Å². The molecule has 2 heterocycles. The number of hydrogen-bond donors (Lipinski definition) is 1. The van der Waals surface area contributed by atoms with Crippen LogP contribution in [0.3, 0.4) is 0 Å². The molecule has 0 bridgehead atoms. The number of rotatable bonds is 3. The van der Waals surface area contributed by atoms with Crippen LogP contribution < -0.4 is 5.32 Å². The Morgan fingerprint density at radius 2 is 1.95 bits per heavy atom. The van der Waals surface area contributed by atoms with Crippen molar-refractivity contribution in [1.29, 1.82) is 0 Å². The maximum absolute atomic E-state index is 12.0. The van der Waals surface area contributed by atoms with Crippen molar-refractivity contribution in [2.24, 2.45) is 0 Å². The van der Waals surface area contributed by atoms with Crippen LogP contribution in [0.25, 0.3) is 11.5 Å². The quantitative estimate of drug-likeness (QED) is 0.738. The summed E-state index contributed by atoms with van der Waals surface area (Å²) in [6.07, 6.45) is 1.53. The van der Waals surface area contributed by atoms with E-state index in [4.69, 9.17) is 4.42 Å². The highest BCUT2D eigenvalue weighted by Gasteiger charge is 2.12. The number of benzene rings is 1. The van der Waals surface area contributed by atoms with Gasteiger partial charge < -0.3 is 4.42 Å². The Hall–Kier alpha value is -2.54. The molecule has 0 aliphatic heterocycles. The Balaban J connectivity index is 1.77. The number of amides is 1. The van der Waals surface area contributed by atoms with Crippen molar-refractivity contribution >= 4 is 27.9 Å². The third kappa shape index (κ3) is 3.14. The van der Waals surface area contributed by atoms with Gasteiger partial charge in [0.2, 0.25) is 5.89 Å². The van der Waals surface area contributed by atoms with Crippen LogP contribution in [-0.2, 0) is 0 Å². The van der Waals surface area contributed by atoms with Gasteiger partial charge in [0.15, 0.2) is 0 Å². The van der Waals surface area contributed by atoms with Gasteiger partial charge in [0, 0.05) is 17.3 Å². The van der Waals surface area contributed by atoms with Crippen LogP contribution in [0.1, 0.15) is 10.4 Å². The van der Waals surface area contributed by atoms with E-state index in [1.165, 1.54) is 6.20 Å². The lowest BCUT2D eigenvalue weighted by molar-refractivity contribution is 0.102. The van der Waals surface area contributed by atoms with Gasteiger partial charge in [-0.25, -0.2) is 4.98 Å². The van der Waals surface area contributed by atoms with Gasteiger partial charge in [-0.3, -0.25) is 10.1 Å². The van der Waals surface area contributed by atoms with Crippen molar-refractivity contribution in [3.05, 3.63) is 58.8 Å². The van der Waals surface area contributed by atoms with Crippen molar-refractivity contribution in [2.75, 3.05) is 5.32 Å². The average Bonchev–Trinajstić information content (AvgIpc) is 2.97. The zero-order valence-corrected chi connectivity index (χ0v) is 12.2. The Labute approximate surface area is 128 Å². The number of nitrogens with one attached hydrogen (secondary N) is 1. The second kappa shape index (κ2) is 5.84. The van der Waals surface area contributed by atoms with Crippen LogP contribution in [0.2, 0.25) is 0 Å². The number of nitrogens with zero attached hydrogens (tertiary/aromatic N) is 3. The van der Waals surface area contributed by atoms with E-state index in [0.29, 0.717) is 16.1 Å². The fraction of sp³-hybridized carbons (Fsp3) is 0. The molecule has 0 spiro atoms. The smallest absolute Gasteiger partial charge is 0.322 e. The van der Waals surface area contributed by atoms with Gasteiger partial charge in [-0.1, -0.05) is 23.3 Å². The average molecular weight is 345 g/mol. The molecule has 0 radical (unpaired) electrons. The van der Waals surface area contributed by atoms with E-state index in [9.17, 15) is 4.79 Å². The predicted octanol–water partition coefficient (Wildman–Crippen LogP) is 3.15. The second-order valence-corrected chi connectivity index (χ2v) is 4.91. The van der Waals surface area contributed by atoms with Crippen molar-refractivity contribution < 1.29 is 9.21 Å². The summed E-state index contributed by atoms with van der Waals surface area (Å²) in [6.45, 7) is 0. The number of carbonyl (C=O) groups is 1. The van der Waals surface area contributed by atoms with Crippen molar-refractivity contribution in [1.82, 2.24) is 15.2 Å². The Morgan fingerprint density at radius 1 is 1.14 bits per heavy atom. The molecule has 0 saturated carbocycles. The summed E-state index contributed by atoms with van der Waals surface area (Å²) in [6, 6.07) is 12.6. The minimum Gasteiger partial charge on any atom is -0.403 e. The van der Waals surface area contributed by atoms with Gasteiger partial charge >= 0.3 is 6.01 Å². The lowest BCUT2D eigenvalue weighted by Crippen LogP contribution is -2.12. The Bertz CT molecular complexity index is 773. The first-order valence-corrected chi connectivity index (χ1v) is 6.83.